The van der Waals surface area contributed by atoms with Gasteiger partial charge in [-0.15, -0.1) is 0 Å². The number of alkyl carbamates (subject to hydrolysis) is 2. The highest BCUT2D eigenvalue weighted by Gasteiger charge is 2.42. The Morgan fingerprint density at radius 2 is 1.07 bits per heavy atom. The first kappa shape index (κ1) is 40.5. The quantitative estimate of drug-likeness (QED) is 0.109. The second-order valence-electron chi connectivity index (χ2n) is 18.0. The number of hydrogen-bond acceptors (Lipinski definition) is 8. The van der Waals surface area contributed by atoms with Gasteiger partial charge in [0, 0.05) is 13.1 Å². The Labute approximate surface area is 355 Å². The van der Waals surface area contributed by atoms with Crippen LogP contribution in [0.15, 0.2) is 48.5 Å². The molecule has 14 heteroatoms. The molecule has 61 heavy (non-hydrogen) atoms. The third kappa shape index (κ3) is 7.27. The number of nitrogens with zero attached hydrogens (tertiary/aromatic N) is 4. The maximum absolute atomic E-state index is 13.8. The van der Waals surface area contributed by atoms with Gasteiger partial charge in [-0.2, -0.15) is 0 Å². The number of methoxy groups -OCH3 is 2. The molecule has 0 spiro atoms. The van der Waals surface area contributed by atoms with Gasteiger partial charge in [-0.25, -0.2) is 19.6 Å². The van der Waals surface area contributed by atoms with Gasteiger partial charge < -0.3 is 39.9 Å². The van der Waals surface area contributed by atoms with Crippen molar-refractivity contribution in [2.45, 2.75) is 109 Å². The molecule has 2 saturated heterocycles. The minimum atomic E-state index is -0.690. The van der Waals surface area contributed by atoms with Gasteiger partial charge in [0.25, 0.3) is 0 Å². The number of fused-ring (bicyclic) bond motifs is 7. The van der Waals surface area contributed by atoms with Gasteiger partial charge in [-0.3, -0.25) is 9.59 Å². The molecule has 4 heterocycles. The highest BCUT2D eigenvalue weighted by molar-refractivity contribution is 5.90. The van der Waals surface area contributed by atoms with Crippen molar-refractivity contribution in [3.05, 3.63) is 71.3 Å². The summed E-state index contributed by atoms with van der Waals surface area (Å²) in [5.74, 6) is 2.06. The van der Waals surface area contributed by atoms with Crippen LogP contribution in [0.3, 0.4) is 0 Å². The molecule has 5 aromatic rings. The summed E-state index contributed by atoms with van der Waals surface area (Å²) in [6, 6.07) is 15.7. The van der Waals surface area contributed by atoms with Crippen molar-refractivity contribution < 1.29 is 28.7 Å². The van der Waals surface area contributed by atoms with Crippen molar-refractivity contribution >= 4 is 46.1 Å². The van der Waals surface area contributed by atoms with E-state index in [0.717, 1.165) is 76.9 Å². The van der Waals surface area contributed by atoms with E-state index in [2.05, 4.69) is 69.1 Å². The van der Waals surface area contributed by atoms with E-state index in [4.69, 9.17) is 19.4 Å². The number of likely N-dealkylation sites (tertiary alicyclic amines) is 2. The molecule has 3 aromatic carbocycles. The highest BCUT2D eigenvalue weighted by atomic mass is 16.5. The van der Waals surface area contributed by atoms with E-state index in [0.29, 0.717) is 24.9 Å². The molecule has 2 aliphatic carbocycles. The van der Waals surface area contributed by atoms with Crippen molar-refractivity contribution in [2.24, 2.45) is 11.8 Å². The maximum Gasteiger partial charge on any atom is 0.407 e. The molecule has 2 unspecified atom stereocenters. The lowest BCUT2D eigenvalue weighted by Crippen LogP contribution is -2.51. The standard InChI is InChI=1S/C47H56N8O6/c1-24(2)40(52-46(58)60-5)44(56)54-19-7-9-36(54)42-48-32-17-13-26(22-34(32)50-42)30-15-16-31(39-29-12-11-28(21-29)38(30)39)27-14-18-33-35(23-27)51-43(49-33)37-10-8-20-55(37)45(57)41(25(3)4)53-47(59)61-6/h13-18,22-25,28-29,36-37,40-41H,7-12,19-21H2,1-6H3,(H,48,50)(H,49,51)(H,52,58)(H,53,59)/t28?,29?,36-,37-,40-,41-/m0/s1. The number of ether oxygens (including phenoxy) is 2. The number of H-pyrrole nitrogens is 2. The fourth-order valence-corrected chi connectivity index (χ4v) is 10.6. The van der Waals surface area contributed by atoms with Gasteiger partial charge in [0.15, 0.2) is 0 Å². The van der Waals surface area contributed by atoms with E-state index < -0.39 is 24.3 Å². The molecule has 1 saturated carbocycles. The van der Waals surface area contributed by atoms with Crippen molar-refractivity contribution in [3.8, 4) is 22.3 Å². The lowest BCUT2D eigenvalue weighted by Gasteiger charge is -2.29. The van der Waals surface area contributed by atoms with Gasteiger partial charge in [0.1, 0.15) is 23.7 Å². The Hall–Kier alpha value is -5.92. The molecule has 2 aromatic heterocycles. The molecule has 6 atom stereocenters. The molecule has 3 fully saturated rings. The minimum absolute atomic E-state index is 0.106. The monoisotopic (exact) mass is 828 g/mol. The van der Waals surface area contributed by atoms with Gasteiger partial charge in [0.05, 0.1) is 48.4 Å². The zero-order valence-corrected chi connectivity index (χ0v) is 35.8. The number of nitrogens with one attached hydrogen (secondary N) is 4. The number of aromatic amines is 2. The predicted molar refractivity (Wildman–Crippen MR) is 232 cm³/mol. The minimum Gasteiger partial charge on any atom is -0.453 e. The van der Waals surface area contributed by atoms with Crippen LogP contribution in [-0.4, -0.2) is 93.1 Å². The summed E-state index contributed by atoms with van der Waals surface area (Å²) >= 11 is 0. The zero-order valence-electron chi connectivity index (χ0n) is 35.8. The van der Waals surface area contributed by atoms with E-state index in [9.17, 15) is 19.2 Å². The first-order valence-corrected chi connectivity index (χ1v) is 21.9. The number of benzene rings is 3. The number of amides is 4. The topological polar surface area (TPSA) is 175 Å². The molecule has 4 amide bonds. The zero-order chi connectivity index (χ0) is 42.7. The average Bonchev–Trinajstić information content (AvgIpc) is 4.12. The number of imidazole rings is 2. The summed E-state index contributed by atoms with van der Waals surface area (Å²) in [4.78, 5) is 72.7. The molecular formula is C47H56N8O6. The Balaban J connectivity index is 0.995. The smallest absolute Gasteiger partial charge is 0.407 e. The molecule has 14 nitrogen and oxygen atoms in total. The van der Waals surface area contributed by atoms with E-state index in [1.807, 2.05) is 37.5 Å². The predicted octanol–water partition coefficient (Wildman–Crippen LogP) is 8.23. The fourth-order valence-electron chi connectivity index (χ4n) is 10.6. The van der Waals surface area contributed by atoms with Crippen LogP contribution in [0.1, 0.15) is 119 Å². The van der Waals surface area contributed by atoms with Crippen molar-refractivity contribution in [2.75, 3.05) is 27.3 Å². The molecule has 4 aliphatic rings. The van der Waals surface area contributed by atoms with E-state index in [1.165, 1.54) is 49.3 Å². The molecule has 4 N–H and O–H groups in total. The number of hydrogen-bond donors (Lipinski definition) is 4. The largest absolute Gasteiger partial charge is 0.453 e. The summed E-state index contributed by atoms with van der Waals surface area (Å²) in [6.07, 6.45) is 5.58. The number of aromatic nitrogens is 4. The van der Waals surface area contributed by atoms with Gasteiger partial charge in [-0.1, -0.05) is 52.0 Å². The van der Waals surface area contributed by atoms with E-state index >= 15 is 0 Å². The average molecular weight is 829 g/mol. The van der Waals surface area contributed by atoms with Crippen molar-refractivity contribution in [3.63, 3.8) is 0 Å². The van der Waals surface area contributed by atoms with Crippen molar-refractivity contribution in [1.82, 2.24) is 40.4 Å². The number of rotatable bonds is 10. The molecule has 9 rings (SSSR count). The summed E-state index contributed by atoms with van der Waals surface area (Å²) in [7, 11) is 2.61. The third-order valence-corrected chi connectivity index (χ3v) is 13.6. The summed E-state index contributed by atoms with van der Waals surface area (Å²) in [5, 5.41) is 5.47. The second-order valence-corrected chi connectivity index (χ2v) is 18.0. The van der Waals surface area contributed by atoms with Gasteiger partial charge >= 0.3 is 12.2 Å². The van der Waals surface area contributed by atoms with Gasteiger partial charge in [-0.05, 0) is 126 Å². The van der Waals surface area contributed by atoms with Crippen LogP contribution in [-0.2, 0) is 19.1 Å². The third-order valence-electron chi connectivity index (χ3n) is 13.6. The number of carbonyl (C=O) groups excluding carboxylic acids is 4. The van der Waals surface area contributed by atoms with Crippen LogP contribution >= 0.6 is 0 Å². The molecule has 2 bridgehead atoms. The van der Waals surface area contributed by atoms with Crippen molar-refractivity contribution in [1.29, 1.82) is 0 Å². The first-order chi connectivity index (χ1) is 29.4. The Morgan fingerprint density at radius 1 is 0.639 bits per heavy atom. The van der Waals surface area contributed by atoms with Crippen LogP contribution in [0.25, 0.3) is 44.3 Å². The van der Waals surface area contributed by atoms with Crippen LogP contribution in [0.5, 0.6) is 0 Å². The van der Waals surface area contributed by atoms with Crippen LogP contribution in [0.2, 0.25) is 0 Å². The van der Waals surface area contributed by atoms with Crippen LogP contribution < -0.4 is 10.6 Å². The van der Waals surface area contributed by atoms with Crippen LogP contribution in [0, 0.1) is 11.8 Å². The normalized spacial score (nSPS) is 21.7. The van der Waals surface area contributed by atoms with E-state index in [-0.39, 0.29) is 35.7 Å². The highest BCUT2D eigenvalue weighted by Crippen LogP contribution is 2.58. The molecule has 2 aliphatic heterocycles. The fraction of sp³-hybridized carbons (Fsp3) is 0.489. The lowest BCUT2D eigenvalue weighted by molar-refractivity contribution is -0.136. The second kappa shape index (κ2) is 16.2. The first-order valence-electron chi connectivity index (χ1n) is 21.9. The van der Waals surface area contributed by atoms with E-state index in [1.54, 1.807) is 0 Å². The number of carbonyl (C=O) groups is 4. The summed E-state index contributed by atoms with van der Waals surface area (Å²) < 4.78 is 9.63. The Bertz CT molecular complexity index is 2350. The Morgan fingerprint density at radius 3 is 1.46 bits per heavy atom. The molecule has 320 valence electrons. The SMILES string of the molecule is COC(=O)N[C@H](C(=O)N1CCC[C@H]1c1nc2cc(-c3ccc(-c4ccc5[nH]c([C@@H]6CCCN6C(=O)[C@@H](NC(=O)OC)C(C)C)nc5c4)c4c3C3CCC4C3)ccc2[nH]1)C(C)C. The van der Waals surface area contributed by atoms with Gasteiger partial charge in [0.2, 0.25) is 11.8 Å². The van der Waals surface area contributed by atoms with Crippen LogP contribution in [0.4, 0.5) is 9.59 Å². The summed E-state index contributed by atoms with van der Waals surface area (Å²) in [5.41, 5.74) is 11.2. The molecular weight excluding hydrogens is 773 g/mol. The molecule has 0 radical (unpaired) electrons. The lowest BCUT2D eigenvalue weighted by atomic mass is 9.81. The maximum atomic E-state index is 13.8. The Kier molecular flexibility index (Phi) is 10.7. The summed E-state index contributed by atoms with van der Waals surface area (Å²) in [6.45, 7) is 8.88.